The molecule has 3 rings (SSSR count). The highest BCUT2D eigenvalue weighted by Gasteiger charge is 2.82. The molecule has 78 valence electrons. The van der Waals surface area contributed by atoms with E-state index in [-0.39, 0.29) is 29.0 Å². The Balaban J connectivity index is 2.15. The summed E-state index contributed by atoms with van der Waals surface area (Å²) in [6.45, 7) is 6.42. The average Bonchev–Trinajstić information content (AvgIpc) is 2.48. The summed E-state index contributed by atoms with van der Waals surface area (Å²) >= 11 is 0. The molecule has 3 aliphatic carbocycles. The first kappa shape index (κ1) is 8.93. The summed E-state index contributed by atoms with van der Waals surface area (Å²) in [7, 11) is 0. The van der Waals surface area contributed by atoms with Gasteiger partial charge in [-0.3, -0.25) is 0 Å². The summed E-state index contributed by atoms with van der Waals surface area (Å²) < 4.78 is 0. The Morgan fingerprint density at radius 1 is 1.57 bits per heavy atom. The van der Waals surface area contributed by atoms with Crippen molar-refractivity contribution in [1.82, 2.24) is 0 Å². The summed E-state index contributed by atoms with van der Waals surface area (Å²) in [6.07, 6.45) is 3.79. The van der Waals surface area contributed by atoms with Gasteiger partial charge >= 0.3 is 0 Å². The van der Waals surface area contributed by atoms with E-state index in [1.807, 2.05) is 0 Å². The van der Waals surface area contributed by atoms with Gasteiger partial charge < -0.3 is 10.2 Å². The third-order valence-corrected chi connectivity index (χ3v) is 5.52. The predicted octanol–water partition coefficient (Wildman–Crippen LogP) is 1.48. The molecule has 0 aromatic rings. The lowest BCUT2D eigenvalue weighted by Gasteiger charge is -2.35. The highest BCUT2D eigenvalue weighted by Crippen LogP contribution is 2.86. The molecule has 0 amide bonds. The van der Waals surface area contributed by atoms with Crippen molar-refractivity contribution in [3.8, 4) is 0 Å². The van der Waals surface area contributed by atoms with Gasteiger partial charge in [-0.05, 0) is 36.5 Å². The van der Waals surface area contributed by atoms with Crippen molar-refractivity contribution in [3.05, 3.63) is 12.2 Å². The average molecular weight is 194 g/mol. The lowest BCUT2D eigenvalue weighted by atomic mass is 9.72. The lowest BCUT2D eigenvalue weighted by Crippen LogP contribution is -2.40. The minimum Gasteiger partial charge on any atom is -0.395 e. The van der Waals surface area contributed by atoms with Crippen LogP contribution in [0, 0.1) is 16.2 Å². The van der Waals surface area contributed by atoms with Gasteiger partial charge in [-0.1, -0.05) is 19.1 Å². The van der Waals surface area contributed by atoms with Crippen LogP contribution in [0.5, 0.6) is 0 Å². The van der Waals surface area contributed by atoms with Crippen molar-refractivity contribution in [1.29, 1.82) is 0 Å². The maximum Gasteiger partial charge on any atom is 0.0666 e. The maximum absolute atomic E-state index is 10.2. The van der Waals surface area contributed by atoms with Gasteiger partial charge in [0.1, 0.15) is 0 Å². The second-order valence-corrected chi connectivity index (χ2v) is 5.77. The van der Waals surface area contributed by atoms with E-state index >= 15 is 0 Å². The van der Waals surface area contributed by atoms with E-state index in [9.17, 15) is 10.2 Å². The number of hydrogen-bond donors (Lipinski definition) is 2. The lowest BCUT2D eigenvalue weighted by molar-refractivity contribution is -0.00336. The highest BCUT2D eigenvalue weighted by atomic mass is 16.3. The van der Waals surface area contributed by atoms with Gasteiger partial charge in [0, 0.05) is 5.41 Å². The third-order valence-electron chi connectivity index (χ3n) is 5.52. The van der Waals surface area contributed by atoms with Crippen LogP contribution in [0.15, 0.2) is 12.2 Å². The molecule has 2 N–H and O–H groups in total. The molecule has 2 heteroatoms. The molecule has 0 aromatic carbocycles. The van der Waals surface area contributed by atoms with E-state index in [0.717, 1.165) is 24.8 Å². The molecule has 0 bridgehead atoms. The molecule has 1 spiro atoms. The second-order valence-electron chi connectivity index (χ2n) is 5.77. The van der Waals surface area contributed by atoms with Gasteiger partial charge in [-0.15, -0.1) is 0 Å². The normalized spacial score (nSPS) is 59.9. The predicted molar refractivity (Wildman–Crippen MR) is 53.7 cm³/mol. The van der Waals surface area contributed by atoms with Gasteiger partial charge in [0.2, 0.25) is 0 Å². The minimum atomic E-state index is -0.360. The van der Waals surface area contributed by atoms with Gasteiger partial charge in [0.25, 0.3) is 0 Å². The topological polar surface area (TPSA) is 40.5 Å². The summed E-state index contributed by atoms with van der Waals surface area (Å²) in [5, 5.41) is 19.8. The van der Waals surface area contributed by atoms with Crippen molar-refractivity contribution >= 4 is 0 Å². The molecule has 0 heterocycles. The van der Waals surface area contributed by atoms with Crippen LogP contribution in [-0.4, -0.2) is 22.9 Å². The Kier molecular flexibility index (Phi) is 1.34. The quantitative estimate of drug-likeness (QED) is 0.621. The molecule has 14 heavy (non-hydrogen) atoms. The third kappa shape index (κ3) is 0.583. The molecule has 4 atom stereocenters. The summed E-state index contributed by atoms with van der Waals surface area (Å²) in [5.41, 5.74) is 1.23. The Morgan fingerprint density at radius 3 is 2.86 bits per heavy atom. The van der Waals surface area contributed by atoms with Crippen LogP contribution < -0.4 is 0 Å². The fourth-order valence-corrected chi connectivity index (χ4v) is 4.65. The highest BCUT2D eigenvalue weighted by molar-refractivity contribution is 5.40. The summed E-state index contributed by atoms with van der Waals surface area (Å²) in [4.78, 5) is 0. The first-order valence-electron chi connectivity index (χ1n) is 5.50. The molecule has 3 saturated carbocycles. The molecule has 0 saturated heterocycles. The Labute approximate surface area is 84.6 Å². The smallest absolute Gasteiger partial charge is 0.0666 e. The van der Waals surface area contributed by atoms with E-state index in [4.69, 9.17) is 0 Å². The van der Waals surface area contributed by atoms with Crippen molar-refractivity contribution < 1.29 is 10.2 Å². The zero-order valence-electron chi connectivity index (χ0n) is 8.71. The monoisotopic (exact) mass is 194 g/mol. The van der Waals surface area contributed by atoms with Crippen LogP contribution in [0.25, 0.3) is 0 Å². The Bertz CT molecular complexity index is 324. The molecule has 0 unspecified atom stereocenters. The Morgan fingerprint density at radius 2 is 2.29 bits per heavy atom. The second kappa shape index (κ2) is 2.10. The van der Waals surface area contributed by atoms with Crippen molar-refractivity contribution in [2.24, 2.45) is 16.2 Å². The van der Waals surface area contributed by atoms with Crippen molar-refractivity contribution in [2.75, 3.05) is 6.61 Å². The Hall–Kier alpha value is -0.340. The van der Waals surface area contributed by atoms with Gasteiger partial charge in [0.05, 0.1) is 12.7 Å². The van der Waals surface area contributed by atoms with Crippen molar-refractivity contribution in [3.63, 3.8) is 0 Å². The molecule has 0 aromatic heterocycles. The standard InChI is InChI=1S/C12H18O2/c1-8-3-4-11-6-10(11,2)5-9(14)12(8,11)7-13/h9,13-14H,1,3-7H2,2H3/t9-,10-,11+,12+/m0/s1. The van der Waals surface area contributed by atoms with E-state index < -0.39 is 0 Å². The van der Waals surface area contributed by atoms with E-state index in [2.05, 4.69) is 13.5 Å². The van der Waals surface area contributed by atoms with Crippen LogP contribution in [0.1, 0.15) is 32.6 Å². The molecular weight excluding hydrogens is 176 g/mol. The maximum atomic E-state index is 10.2. The first-order valence-corrected chi connectivity index (χ1v) is 5.50. The van der Waals surface area contributed by atoms with Crippen LogP contribution in [-0.2, 0) is 0 Å². The largest absolute Gasteiger partial charge is 0.395 e. The van der Waals surface area contributed by atoms with Gasteiger partial charge in [0.15, 0.2) is 0 Å². The summed E-state index contributed by atoms with van der Waals surface area (Å²) in [5.74, 6) is 0. The fraction of sp³-hybridized carbons (Fsp3) is 0.833. The molecule has 3 aliphatic rings. The first-order chi connectivity index (χ1) is 6.52. The number of hydrogen-bond acceptors (Lipinski definition) is 2. The molecule has 2 nitrogen and oxygen atoms in total. The zero-order chi connectivity index (χ0) is 10.2. The molecular formula is C12H18O2. The van der Waals surface area contributed by atoms with E-state index in [0.29, 0.717) is 0 Å². The summed E-state index contributed by atoms with van der Waals surface area (Å²) in [6, 6.07) is 0. The molecule has 0 radical (unpaired) electrons. The zero-order valence-corrected chi connectivity index (χ0v) is 8.71. The number of rotatable bonds is 1. The fourth-order valence-electron chi connectivity index (χ4n) is 4.65. The van der Waals surface area contributed by atoms with E-state index in [1.165, 1.54) is 6.42 Å². The van der Waals surface area contributed by atoms with E-state index in [1.54, 1.807) is 0 Å². The van der Waals surface area contributed by atoms with Gasteiger partial charge in [-0.2, -0.15) is 0 Å². The number of aliphatic hydroxyl groups excluding tert-OH is 2. The van der Waals surface area contributed by atoms with Gasteiger partial charge in [-0.25, -0.2) is 0 Å². The molecule has 0 aliphatic heterocycles. The van der Waals surface area contributed by atoms with Crippen LogP contribution in [0.2, 0.25) is 0 Å². The van der Waals surface area contributed by atoms with Crippen LogP contribution >= 0.6 is 0 Å². The van der Waals surface area contributed by atoms with Crippen LogP contribution in [0.3, 0.4) is 0 Å². The number of aliphatic hydroxyl groups is 2. The SMILES string of the molecule is C=C1CC[C@@]23C[C@]2(C)C[C@H](O)[C@@]13CO. The van der Waals surface area contributed by atoms with Crippen LogP contribution in [0.4, 0.5) is 0 Å². The van der Waals surface area contributed by atoms with Crippen molar-refractivity contribution in [2.45, 2.75) is 38.7 Å². The minimum absolute atomic E-state index is 0.0859. The molecule has 3 fully saturated rings.